The molecular formula is C13H24N2O3. The number of carboxylic acids is 1. The maximum Gasteiger partial charge on any atom is 0.319 e. The zero-order valence-corrected chi connectivity index (χ0v) is 11.6. The van der Waals surface area contributed by atoms with Gasteiger partial charge in [-0.15, -0.1) is 0 Å². The topological polar surface area (TPSA) is 60.9 Å². The number of amides is 2. The molecule has 0 unspecified atom stereocenters. The number of hydrogen-bond donors (Lipinski definition) is 1. The Labute approximate surface area is 109 Å². The van der Waals surface area contributed by atoms with Gasteiger partial charge in [-0.2, -0.15) is 0 Å². The molecular weight excluding hydrogens is 232 g/mol. The normalized spacial score (nSPS) is 19.2. The third-order valence-electron chi connectivity index (χ3n) is 3.60. The van der Waals surface area contributed by atoms with Crippen LogP contribution in [0.25, 0.3) is 0 Å². The van der Waals surface area contributed by atoms with Crippen molar-refractivity contribution in [2.45, 2.75) is 39.5 Å². The highest BCUT2D eigenvalue weighted by atomic mass is 16.4. The van der Waals surface area contributed by atoms with E-state index in [4.69, 9.17) is 5.11 Å². The van der Waals surface area contributed by atoms with Gasteiger partial charge in [0.1, 0.15) is 0 Å². The number of carboxylic acid groups (broad SMARTS) is 1. The van der Waals surface area contributed by atoms with Crippen LogP contribution in [0.3, 0.4) is 0 Å². The zero-order chi connectivity index (χ0) is 13.8. The van der Waals surface area contributed by atoms with Crippen molar-refractivity contribution < 1.29 is 14.7 Å². The third kappa shape index (κ3) is 4.55. The van der Waals surface area contributed by atoms with Gasteiger partial charge in [-0.3, -0.25) is 4.79 Å². The third-order valence-corrected chi connectivity index (χ3v) is 3.60. The van der Waals surface area contributed by atoms with Crippen molar-refractivity contribution in [2.75, 3.05) is 26.7 Å². The van der Waals surface area contributed by atoms with Gasteiger partial charge in [-0.1, -0.05) is 13.8 Å². The smallest absolute Gasteiger partial charge is 0.319 e. The number of nitrogens with zero attached hydrogens (tertiary/aromatic N) is 2. The van der Waals surface area contributed by atoms with E-state index in [1.54, 1.807) is 7.05 Å². The van der Waals surface area contributed by atoms with Crippen molar-refractivity contribution in [3.05, 3.63) is 0 Å². The molecule has 0 radical (unpaired) electrons. The molecule has 1 fully saturated rings. The first-order chi connectivity index (χ1) is 8.32. The lowest BCUT2D eigenvalue weighted by atomic mass is 9.85. The van der Waals surface area contributed by atoms with E-state index in [9.17, 15) is 9.59 Å². The molecule has 1 aliphatic rings. The molecule has 5 nitrogen and oxygen atoms in total. The van der Waals surface area contributed by atoms with E-state index < -0.39 is 5.97 Å². The Kier molecular flexibility index (Phi) is 4.99. The minimum atomic E-state index is -0.869. The molecule has 0 atom stereocenters. The quantitative estimate of drug-likeness (QED) is 0.840. The summed E-state index contributed by atoms with van der Waals surface area (Å²) >= 11 is 0. The highest BCUT2D eigenvalue weighted by molar-refractivity contribution is 5.75. The fourth-order valence-corrected chi connectivity index (χ4v) is 2.21. The average Bonchev–Trinajstić information content (AvgIpc) is 2.46. The first-order valence-corrected chi connectivity index (χ1v) is 6.54. The van der Waals surface area contributed by atoms with Crippen LogP contribution in [0.15, 0.2) is 0 Å². The molecule has 1 aliphatic heterocycles. The van der Waals surface area contributed by atoms with Crippen LogP contribution < -0.4 is 0 Å². The molecule has 1 saturated heterocycles. The fraction of sp³-hybridized carbons (Fsp3) is 0.846. The number of aliphatic carboxylic acids is 1. The van der Waals surface area contributed by atoms with Gasteiger partial charge in [0.25, 0.3) is 0 Å². The Bertz CT molecular complexity index is 315. The van der Waals surface area contributed by atoms with Crippen LogP contribution in [0.2, 0.25) is 0 Å². The second-order valence-corrected chi connectivity index (χ2v) is 5.85. The Morgan fingerprint density at radius 1 is 1.28 bits per heavy atom. The lowest BCUT2D eigenvalue weighted by Crippen LogP contribution is -2.42. The summed E-state index contributed by atoms with van der Waals surface area (Å²) in [7, 11) is 1.67. The Hall–Kier alpha value is -1.26. The van der Waals surface area contributed by atoms with Crippen LogP contribution in [0.4, 0.5) is 4.79 Å². The van der Waals surface area contributed by atoms with Gasteiger partial charge in [0.05, 0.1) is 6.42 Å². The van der Waals surface area contributed by atoms with Crippen LogP contribution in [0.1, 0.15) is 39.5 Å². The number of carbonyl (C=O) groups excluding carboxylic acids is 1. The van der Waals surface area contributed by atoms with Gasteiger partial charge in [0, 0.05) is 26.7 Å². The predicted octanol–water partition coefficient (Wildman–Crippen LogP) is 2.02. The van der Waals surface area contributed by atoms with Gasteiger partial charge in [0.15, 0.2) is 0 Å². The van der Waals surface area contributed by atoms with Crippen molar-refractivity contribution in [1.82, 2.24) is 9.80 Å². The molecule has 1 heterocycles. The number of urea groups is 1. The summed E-state index contributed by atoms with van der Waals surface area (Å²) in [5.74, 6) is -0.869. The summed E-state index contributed by atoms with van der Waals surface area (Å²) in [4.78, 5) is 26.0. The Morgan fingerprint density at radius 2 is 1.94 bits per heavy atom. The molecule has 104 valence electrons. The number of rotatable bonds is 3. The largest absolute Gasteiger partial charge is 0.481 e. The number of likely N-dealkylation sites (tertiary alicyclic amines) is 1. The first-order valence-electron chi connectivity index (χ1n) is 6.54. The maximum atomic E-state index is 12.1. The lowest BCUT2D eigenvalue weighted by Gasteiger charge is -2.27. The zero-order valence-electron chi connectivity index (χ0n) is 11.6. The maximum absolute atomic E-state index is 12.1. The van der Waals surface area contributed by atoms with Crippen LogP contribution in [0.5, 0.6) is 0 Å². The molecule has 0 aromatic rings. The molecule has 1 N–H and O–H groups in total. The summed E-state index contributed by atoms with van der Waals surface area (Å²) in [6.45, 7) is 6.28. The van der Waals surface area contributed by atoms with Crippen LogP contribution in [-0.2, 0) is 4.79 Å². The van der Waals surface area contributed by atoms with Gasteiger partial charge >= 0.3 is 12.0 Å². The van der Waals surface area contributed by atoms with E-state index in [1.165, 1.54) is 4.90 Å². The molecule has 0 aromatic carbocycles. The van der Waals surface area contributed by atoms with Crippen LogP contribution in [-0.4, -0.2) is 53.6 Å². The predicted molar refractivity (Wildman–Crippen MR) is 69.5 cm³/mol. The summed E-state index contributed by atoms with van der Waals surface area (Å²) in [6.07, 6.45) is 3.16. The van der Waals surface area contributed by atoms with Crippen LogP contribution >= 0.6 is 0 Å². The van der Waals surface area contributed by atoms with E-state index in [1.807, 2.05) is 4.90 Å². The van der Waals surface area contributed by atoms with E-state index in [0.29, 0.717) is 5.41 Å². The van der Waals surface area contributed by atoms with Gasteiger partial charge < -0.3 is 14.9 Å². The van der Waals surface area contributed by atoms with Gasteiger partial charge in [-0.25, -0.2) is 4.79 Å². The van der Waals surface area contributed by atoms with Crippen molar-refractivity contribution in [3.8, 4) is 0 Å². The average molecular weight is 256 g/mol. The molecule has 0 spiro atoms. The lowest BCUT2D eigenvalue weighted by molar-refractivity contribution is -0.137. The number of carbonyl (C=O) groups is 2. The van der Waals surface area contributed by atoms with Crippen molar-refractivity contribution in [2.24, 2.45) is 5.41 Å². The second-order valence-electron chi connectivity index (χ2n) is 5.85. The summed E-state index contributed by atoms with van der Waals surface area (Å²) in [6, 6.07) is -0.0473. The standard InChI is InChI=1S/C13H24N2O3/c1-13(2)6-4-8-15(10-7-13)12(18)14(3)9-5-11(16)17/h4-10H2,1-3H3,(H,16,17). The minimum absolute atomic E-state index is 0.00156. The SMILES string of the molecule is CN(CCC(=O)O)C(=O)N1CCCC(C)(C)CC1. The first kappa shape index (κ1) is 14.8. The molecule has 5 heteroatoms. The van der Waals surface area contributed by atoms with Crippen LogP contribution in [0, 0.1) is 5.41 Å². The monoisotopic (exact) mass is 256 g/mol. The minimum Gasteiger partial charge on any atom is -0.481 e. The Balaban J connectivity index is 2.48. The highest BCUT2D eigenvalue weighted by Gasteiger charge is 2.26. The molecule has 2 amide bonds. The van der Waals surface area contributed by atoms with Gasteiger partial charge in [0.2, 0.25) is 0 Å². The molecule has 0 aliphatic carbocycles. The van der Waals surface area contributed by atoms with E-state index >= 15 is 0 Å². The second kappa shape index (κ2) is 6.07. The summed E-state index contributed by atoms with van der Waals surface area (Å²) in [5, 5.41) is 8.62. The van der Waals surface area contributed by atoms with Crippen molar-refractivity contribution >= 4 is 12.0 Å². The molecule has 0 aromatic heterocycles. The van der Waals surface area contributed by atoms with Gasteiger partial charge in [-0.05, 0) is 24.7 Å². The van der Waals surface area contributed by atoms with Crippen molar-refractivity contribution in [3.63, 3.8) is 0 Å². The highest BCUT2D eigenvalue weighted by Crippen LogP contribution is 2.29. The molecule has 18 heavy (non-hydrogen) atoms. The number of hydrogen-bond acceptors (Lipinski definition) is 2. The fourth-order valence-electron chi connectivity index (χ4n) is 2.21. The van der Waals surface area contributed by atoms with E-state index in [2.05, 4.69) is 13.8 Å². The summed E-state index contributed by atoms with van der Waals surface area (Å²) < 4.78 is 0. The van der Waals surface area contributed by atoms with E-state index in [-0.39, 0.29) is 19.0 Å². The van der Waals surface area contributed by atoms with Crippen molar-refractivity contribution in [1.29, 1.82) is 0 Å². The Morgan fingerprint density at radius 3 is 2.56 bits per heavy atom. The molecule has 0 bridgehead atoms. The summed E-state index contributed by atoms with van der Waals surface area (Å²) in [5.41, 5.74) is 0.300. The molecule has 1 rings (SSSR count). The molecule has 0 saturated carbocycles. The van der Waals surface area contributed by atoms with E-state index in [0.717, 1.165) is 32.4 Å².